The molecule has 0 bridgehead atoms. The highest BCUT2D eigenvalue weighted by atomic mass is 79.9. The number of hydrogen-bond acceptors (Lipinski definition) is 5. The summed E-state index contributed by atoms with van der Waals surface area (Å²) < 4.78 is 11.0. The van der Waals surface area contributed by atoms with E-state index < -0.39 is 11.7 Å². The minimum absolute atomic E-state index is 0.296. The molecule has 1 amide bonds. The van der Waals surface area contributed by atoms with Crippen molar-refractivity contribution in [1.29, 1.82) is 0 Å². The summed E-state index contributed by atoms with van der Waals surface area (Å²) in [5.41, 5.74) is -0.499. The van der Waals surface area contributed by atoms with Gasteiger partial charge < -0.3 is 14.8 Å². The molecule has 0 saturated heterocycles. The lowest BCUT2D eigenvalue weighted by atomic mass is 10.2. The molecule has 0 unspecified atom stereocenters. The van der Waals surface area contributed by atoms with Crippen molar-refractivity contribution in [3.05, 3.63) is 17.0 Å². The van der Waals surface area contributed by atoms with E-state index in [1.165, 1.54) is 6.20 Å². The second kappa shape index (κ2) is 6.53. The van der Waals surface area contributed by atoms with Crippen LogP contribution in [-0.4, -0.2) is 34.8 Å². The third-order valence-electron chi connectivity index (χ3n) is 1.60. The molecule has 0 aliphatic heterocycles. The molecular formula is C11H16BrN3O3. The van der Waals surface area contributed by atoms with E-state index in [2.05, 4.69) is 31.2 Å². The van der Waals surface area contributed by atoms with Crippen LogP contribution in [0, 0.1) is 0 Å². The Hall–Kier alpha value is -1.37. The van der Waals surface area contributed by atoms with Crippen molar-refractivity contribution >= 4 is 22.0 Å². The highest BCUT2D eigenvalue weighted by Crippen LogP contribution is 2.09. The number of amides is 1. The maximum Gasteiger partial charge on any atom is 0.407 e. The van der Waals surface area contributed by atoms with Crippen molar-refractivity contribution in [3.63, 3.8) is 0 Å². The number of carbonyl (C=O) groups is 1. The van der Waals surface area contributed by atoms with Crippen LogP contribution in [0.15, 0.2) is 17.0 Å². The molecule has 1 N–H and O–H groups in total. The fraction of sp³-hybridized carbons (Fsp3) is 0.545. The zero-order valence-corrected chi connectivity index (χ0v) is 12.2. The molecule has 0 atom stereocenters. The Bertz CT molecular complexity index is 407. The van der Waals surface area contributed by atoms with E-state index in [1.807, 2.05) is 0 Å². The van der Waals surface area contributed by atoms with Crippen LogP contribution in [0.1, 0.15) is 20.8 Å². The Morgan fingerprint density at radius 1 is 1.44 bits per heavy atom. The van der Waals surface area contributed by atoms with E-state index in [-0.39, 0.29) is 0 Å². The SMILES string of the molecule is CC(C)(C)OC(=O)NCCOc1cncc(Br)n1. The number of carbonyl (C=O) groups excluding carboxylic acids is 1. The number of ether oxygens (including phenoxy) is 2. The van der Waals surface area contributed by atoms with Crippen molar-refractivity contribution in [1.82, 2.24) is 15.3 Å². The number of halogens is 1. The normalized spacial score (nSPS) is 10.9. The summed E-state index contributed by atoms with van der Waals surface area (Å²) in [6, 6.07) is 0. The van der Waals surface area contributed by atoms with Gasteiger partial charge in [-0.1, -0.05) is 0 Å². The van der Waals surface area contributed by atoms with E-state index in [9.17, 15) is 4.79 Å². The van der Waals surface area contributed by atoms with Gasteiger partial charge in [-0.15, -0.1) is 0 Å². The summed E-state index contributed by atoms with van der Waals surface area (Å²) in [5.74, 6) is 0.398. The van der Waals surface area contributed by atoms with E-state index in [1.54, 1.807) is 27.0 Å². The second-order valence-electron chi connectivity index (χ2n) is 4.46. The number of nitrogens with zero attached hydrogens (tertiary/aromatic N) is 2. The smallest absolute Gasteiger partial charge is 0.407 e. The van der Waals surface area contributed by atoms with Gasteiger partial charge in [-0.2, -0.15) is 0 Å². The Kier molecular flexibility index (Phi) is 5.33. The van der Waals surface area contributed by atoms with Gasteiger partial charge in [0.15, 0.2) is 0 Å². The van der Waals surface area contributed by atoms with Crippen LogP contribution in [-0.2, 0) is 4.74 Å². The molecule has 0 aliphatic rings. The molecule has 0 aromatic carbocycles. The average Bonchev–Trinajstić information content (AvgIpc) is 2.22. The lowest BCUT2D eigenvalue weighted by Gasteiger charge is -2.19. The van der Waals surface area contributed by atoms with Crippen LogP contribution in [0.25, 0.3) is 0 Å². The van der Waals surface area contributed by atoms with Crippen molar-refractivity contribution in [2.45, 2.75) is 26.4 Å². The van der Waals surface area contributed by atoms with Gasteiger partial charge in [0.25, 0.3) is 0 Å². The first-order valence-electron chi connectivity index (χ1n) is 5.44. The minimum Gasteiger partial charge on any atom is -0.475 e. The largest absolute Gasteiger partial charge is 0.475 e. The van der Waals surface area contributed by atoms with Crippen molar-refractivity contribution in [2.75, 3.05) is 13.2 Å². The fourth-order valence-electron chi connectivity index (χ4n) is 1.02. The summed E-state index contributed by atoms with van der Waals surface area (Å²) in [7, 11) is 0. The zero-order valence-electron chi connectivity index (χ0n) is 10.6. The average molecular weight is 318 g/mol. The van der Waals surface area contributed by atoms with E-state index in [0.717, 1.165) is 0 Å². The van der Waals surface area contributed by atoms with Crippen molar-refractivity contribution in [3.8, 4) is 5.88 Å². The van der Waals surface area contributed by atoms with Crippen LogP contribution in [0.2, 0.25) is 0 Å². The number of alkyl carbamates (subject to hydrolysis) is 1. The Morgan fingerprint density at radius 2 is 2.17 bits per heavy atom. The minimum atomic E-state index is -0.499. The molecular weight excluding hydrogens is 302 g/mol. The molecule has 0 saturated carbocycles. The Labute approximate surface area is 114 Å². The van der Waals surface area contributed by atoms with Gasteiger partial charge >= 0.3 is 6.09 Å². The van der Waals surface area contributed by atoms with Gasteiger partial charge in [-0.05, 0) is 36.7 Å². The summed E-state index contributed by atoms with van der Waals surface area (Å²) in [4.78, 5) is 19.2. The van der Waals surface area contributed by atoms with Gasteiger partial charge in [0, 0.05) is 0 Å². The van der Waals surface area contributed by atoms with Gasteiger partial charge in [0.05, 0.1) is 18.9 Å². The highest BCUT2D eigenvalue weighted by Gasteiger charge is 2.15. The van der Waals surface area contributed by atoms with Gasteiger partial charge in [-0.3, -0.25) is 4.98 Å². The summed E-state index contributed by atoms with van der Waals surface area (Å²) in [6.45, 7) is 6.05. The molecule has 1 heterocycles. The lowest BCUT2D eigenvalue weighted by Crippen LogP contribution is -2.34. The van der Waals surface area contributed by atoms with Crippen LogP contribution in [0.3, 0.4) is 0 Å². The quantitative estimate of drug-likeness (QED) is 0.861. The third-order valence-corrected chi connectivity index (χ3v) is 1.99. The first-order valence-corrected chi connectivity index (χ1v) is 6.23. The zero-order chi connectivity index (χ0) is 13.6. The van der Waals surface area contributed by atoms with Crippen LogP contribution < -0.4 is 10.1 Å². The maximum absolute atomic E-state index is 11.3. The van der Waals surface area contributed by atoms with Crippen LogP contribution >= 0.6 is 15.9 Å². The standard InChI is InChI=1S/C11H16BrN3O3/c1-11(2,3)18-10(16)14-4-5-17-9-7-13-6-8(12)15-9/h6-7H,4-5H2,1-3H3,(H,14,16). The molecule has 18 heavy (non-hydrogen) atoms. The van der Waals surface area contributed by atoms with Crippen molar-refractivity contribution < 1.29 is 14.3 Å². The van der Waals surface area contributed by atoms with Gasteiger partial charge in [0.2, 0.25) is 5.88 Å². The molecule has 0 spiro atoms. The molecule has 1 rings (SSSR count). The predicted molar refractivity (Wildman–Crippen MR) is 69.5 cm³/mol. The molecule has 1 aromatic heterocycles. The van der Waals surface area contributed by atoms with Gasteiger partial charge in [0.1, 0.15) is 16.8 Å². The summed E-state index contributed by atoms with van der Waals surface area (Å²) in [5, 5.41) is 2.58. The second-order valence-corrected chi connectivity index (χ2v) is 5.27. The van der Waals surface area contributed by atoms with E-state index in [4.69, 9.17) is 9.47 Å². The maximum atomic E-state index is 11.3. The fourth-order valence-corrected chi connectivity index (χ4v) is 1.31. The molecule has 100 valence electrons. The highest BCUT2D eigenvalue weighted by molar-refractivity contribution is 9.10. The number of rotatable bonds is 4. The van der Waals surface area contributed by atoms with Crippen LogP contribution in [0.5, 0.6) is 5.88 Å². The molecule has 7 heteroatoms. The Balaban J connectivity index is 2.21. The molecule has 0 fully saturated rings. The van der Waals surface area contributed by atoms with Crippen LogP contribution in [0.4, 0.5) is 4.79 Å². The van der Waals surface area contributed by atoms with E-state index in [0.29, 0.717) is 23.6 Å². The monoisotopic (exact) mass is 317 g/mol. The molecule has 6 nitrogen and oxygen atoms in total. The summed E-state index contributed by atoms with van der Waals surface area (Å²) >= 11 is 3.18. The van der Waals surface area contributed by atoms with Crippen molar-refractivity contribution in [2.24, 2.45) is 0 Å². The molecule has 1 aromatic rings. The Morgan fingerprint density at radius 3 is 2.78 bits per heavy atom. The first-order chi connectivity index (χ1) is 8.37. The lowest BCUT2D eigenvalue weighted by molar-refractivity contribution is 0.0520. The predicted octanol–water partition coefficient (Wildman–Crippen LogP) is 2.14. The topological polar surface area (TPSA) is 73.3 Å². The van der Waals surface area contributed by atoms with Gasteiger partial charge in [-0.25, -0.2) is 9.78 Å². The third kappa shape index (κ3) is 6.39. The number of nitrogens with one attached hydrogen (secondary N) is 1. The first kappa shape index (κ1) is 14.7. The number of aromatic nitrogens is 2. The molecule has 0 radical (unpaired) electrons. The summed E-state index contributed by atoms with van der Waals surface area (Å²) in [6.07, 6.45) is 2.59. The van der Waals surface area contributed by atoms with E-state index >= 15 is 0 Å². The molecule has 0 aliphatic carbocycles. The number of hydrogen-bond donors (Lipinski definition) is 1.